The number of nitrogens with one attached hydrogen (secondary N) is 2. The van der Waals surface area contributed by atoms with Crippen molar-refractivity contribution in [2.24, 2.45) is 0 Å². The van der Waals surface area contributed by atoms with E-state index in [2.05, 4.69) is 10.6 Å². The maximum atomic E-state index is 12.6. The molecule has 0 bridgehead atoms. The van der Waals surface area contributed by atoms with Gasteiger partial charge in [-0.15, -0.1) is 0 Å². The highest BCUT2D eigenvalue weighted by atomic mass is 16.6. The van der Waals surface area contributed by atoms with Gasteiger partial charge in [0, 0.05) is 18.7 Å². The first-order valence-electron chi connectivity index (χ1n) is 8.41. The number of nitro groups is 2. The molecular weight excluding hydrogens is 368 g/mol. The Morgan fingerprint density at radius 3 is 2.07 bits per heavy atom. The lowest BCUT2D eigenvalue weighted by Crippen LogP contribution is -2.40. The van der Waals surface area contributed by atoms with Crippen molar-refractivity contribution >= 4 is 23.2 Å². The third-order valence-electron chi connectivity index (χ3n) is 3.81. The molecule has 0 aromatic heterocycles. The molecule has 0 unspecified atom stereocenters. The maximum absolute atomic E-state index is 12.6. The minimum absolute atomic E-state index is 0.287. The molecule has 0 aliphatic heterocycles. The van der Waals surface area contributed by atoms with Crippen molar-refractivity contribution < 1.29 is 19.4 Å². The fourth-order valence-electron chi connectivity index (χ4n) is 2.45. The third-order valence-corrected chi connectivity index (χ3v) is 3.81. The zero-order valence-electron chi connectivity index (χ0n) is 15.0. The molecule has 0 heterocycles. The Bertz CT molecular complexity index is 868. The molecule has 2 aromatic rings. The fourth-order valence-corrected chi connectivity index (χ4v) is 2.45. The van der Waals surface area contributed by atoms with E-state index >= 15 is 0 Å². The van der Waals surface area contributed by atoms with E-state index in [0.29, 0.717) is 18.5 Å². The number of benzene rings is 2. The van der Waals surface area contributed by atoms with Crippen molar-refractivity contribution in [2.45, 2.75) is 19.4 Å². The Labute approximate surface area is 159 Å². The Morgan fingerprint density at radius 1 is 1.00 bits per heavy atom. The lowest BCUT2D eigenvalue weighted by Gasteiger charge is -2.19. The second-order valence-corrected chi connectivity index (χ2v) is 5.86. The number of hydrogen-bond acceptors (Lipinski definition) is 6. The second-order valence-electron chi connectivity index (χ2n) is 5.86. The Kier molecular flexibility index (Phi) is 6.74. The van der Waals surface area contributed by atoms with E-state index in [4.69, 9.17) is 0 Å². The van der Waals surface area contributed by atoms with Crippen LogP contribution in [0.4, 0.5) is 11.4 Å². The molecule has 2 rings (SSSR count). The van der Waals surface area contributed by atoms with Gasteiger partial charge < -0.3 is 10.6 Å². The molecule has 2 amide bonds. The van der Waals surface area contributed by atoms with Crippen LogP contribution in [0.2, 0.25) is 0 Å². The normalized spacial score (nSPS) is 11.3. The first-order chi connectivity index (χ1) is 13.3. The van der Waals surface area contributed by atoms with E-state index in [9.17, 15) is 29.8 Å². The zero-order valence-corrected chi connectivity index (χ0v) is 15.0. The van der Waals surface area contributed by atoms with Crippen LogP contribution in [0, 0.1) is 20.2 Å². The number of nitro benzene ring substituents is 2. The molecular formula is C18H18N4O6. The van der Waals surface area contributed by atoms with Crippen LogP contribution in [0.1, 0.15) is 35.3 Å². The Balaban J connectivity index is 2.36. The van der Waals surface area contributed by atoms with Crippen LogP contribution in [-0.2, 0) is 4.79 Å². The summed E-state index contributed by atoms with van der Waals surface area (Å²) in [6.07, 6.45) is 0.693. The molecule has 10 nitrogen and oxygen atoms in total. The maximum Gasteiger partial charge on any atom is 0.277 e. The van der Waals surface area contributed by atoms with E-state index in [1.165, 1.54) is 0 Å². The van der Waals surface area contributed by atoms with Crippen molar-refractivity contribution in [1.82, 2.24) is 10.6 Å². The number of carbonyl (C=O) groups is 2. The van der Waals surface area contributed by atoms with Gasteiger partial charge in [-0.05, 0) is 12.0 Å². The van der Waals surface area contributed by atoms with E-state index in [0.717, 1.165) is 18.2 Å². The molecule has 2 N–H and O–H groups in total. The van der Waals surface area contributed by atoms with Gasteiger partial charge in [0.05, 0.1) is 21.5 Å². The SMILES string of the molecule is CCCNC(=O)[C@H](NC(=O)c1cc([N+](=O)[O-])cc([N+](=O)[O-])c1)c1ccccc1. The summed E-state index contributed by atoms with van der Waals surface area (Å²) in [4.78, 5) is 45.5. The quantitative estimate of drug-likeness (QED) is 0.527. The standard InChI is InChI=1S/C18H18N4O6/c1-2-8-19-18(24)16(12-6-4-3-5-7-12)20-17(23)13-9-14(21(25)26)11-15(10-13)22(27)28/h3-7,9-11,16H,2,8H2,1H3,(H,19,24)(H,20,23)/t16-/m1/s1. The molecule has 0 radical (unpaired) electrons. The summed E-state index contributed by atoms with van der Waals surface area (Å²) < 4.78 is 0. The largest absolute Gasteiger partial charge is 0.354 e. The third kappa shape index (κ3) is 5.10. The summed E-state index contributed by atoms with van der Waals surface area (Å²) in [6.45, 7) is 2.28. The molecule has 0 spiro atoms. The fraction of sp³-hybridized carbons (Fsp3) is 0.222. The number of carbonyl (C=O) groups excluding carboxylic acids is 2. The summed E-state index contributed by atoms with van der Waals surface area (Å²) in [5.41, 5.74) is -0.966. The van der Waals surface area contributed by atoms with Crippen LogP contribution >= 0.6 is 0 Å². The molecule has 0 aliphatic carbocycles. The molecule has 28 heavy (non-hydrogen) atoms. The van der Waals surface area contributed by atoms with Crippen LogP contribution in [0.15, 0.2) is 48.5 Å². The number of non-ortho nitro benzene ring substituents is 2. The minimum atomic E-state index is -1.06. The predicted molar refractivity (Wildman–Crippen MR) is 99.7 cm³/mol. The van der Waals surface area contributed by atoms with Gasteiger partial charge in [0.25, 0.3) is 17.3 Å². The van der Waals surface area contributed by atoms with Gasteiger partial charge in [0.15, 0.2) is 0 Å². The van der Waals surface area contributed by atoms with Gasteiger partial charge in [-0.25, -0.2) is 0 Å². The highest BCUT2D eigenvalue weighted by Gasteiger charge is 2.25. The molecule has 0 saturated carbocycles. The number of rotatable bonds is 8. The van der Waals surface area contributed by atoms with Crippen LogP contribution in [0.25, 0.3) is 0 Å². The van der Waals surface area contributed by atoms with Crippen molar-refractivity contribution in [3.63, 3.8) is 0 Å². The first kappa shape index (κ1) is 20.5. The summed E-state index contributed by atoms with van der Waals surface area (Å²) in [7, 11) is 0. The molecule has 0 saturated heterocycles. The van der Waals surface area contributed by atoms with Gasteiger partial charge in [-0.2, -0.15) is 0 Å². The van der Waals surface area contributed by atoms with Crippen molar-refractivity contribution in [2.75, 3.05) is 6.54 Å². The highest BCUT2D eigenvalue weighted by molar-refractivity contribution is 5.98. The Hall–Kier alpha value is -3.82. The lowest BCUT2D eigenvalue weighted by atomic mass is 10.0. The topological polar surface area (TPSA) is 144 Å². The summed E-state index contributed by atoms with van der Waals surface area (Å²) in [5, 5.41) is 27.2. The van der Waals surface area contributed by atoms with E-state index in [1.54, 1.807) is 30.3 Å². The van der Waals surface area contributed by atoms with Crippen LogP contribution in [0.5, 0.6) is 0 Å². The van der Waals surface area contributed by atoms with Crippen molar-refractivity contribution in [3.05, 3.63) is 79.9 Å². The molecule has 1 atom stereocenters. The van der Waals surface area contributed by atoms with Crippen LogP contribution in [-0.4, -0.2) is 28.2 Å². The van der Waals surface area contributed by atoms with Gasteiger partial charge in [-0.3, -0.25) is 29.8 Å². The van der Waals surface area contributed by atoms with Gasteiger partial charge >= 0.3 is 0 Å². The lowest BCUT2D eigenvalue weighted by molar-refractivity contribution is -0.394. The van der Waals surface area contributed by atoms with Crippen LogP contribution in [0.3, 0.4) is 0 Å². The minimum Gasteiger partial charge on any atom is -0.354 e. The van der Waals surface area contributed by atoms with Gasteiger partial charge in [-0.1, -0.05) is 37.3 Å². The average Bonchev–Trinajstić information content (AvgIpc) is 2.70. The smallest absolute Gasteiger partial charge is 0.277 e. The first-order valence-corrected chi connectivity index (χ1v) is 8.41. The highest BCUT2D eigenvalue weighted by Crippen LogP contribution is 2.23. The molecule has 0 aliphatic rings. The van der Waals surface area contributed by atoms with Crippen molar-refractivity contribution in [1.29, 1.82) is 0 Å². The van der Waals surface area contributed by atoms with Crippen molar-refractivity contribution in [3.8, 4) is 0 Å². The molecule has 2 aromatic carbocycles. The second kappa shape index (κ2) is 9.21. The van der Waals surface area contributed by atoms with Gasteiger partial charge in [0.2, 0.25) is 5.91 Å². The number of hydrogen-bond donors (Lipinski definition) is 2. The van der Waals surface area contributed by atoms with E-state index < -0.39 is 39.1 Å². The van der Waals surface area contributed by atoms with E-state index in [-0.39, 0.29) is 5.56 Å². The molecule has 0 fully saturated rings. The summed E-state index contributed by atoms with van der Waals surface area (Å²) >= 11 is 0. The molecule has 146 valence electrons. The number of amides is 2. The van der Waals surface area contributed by atoms with Gasteiger partial charge in [0.1, 0.15) is 6.04 Å². The van der Waals surface area contributed by atoms with E-state index in [1.807, 2.05) is 6.92 Å². The monoisotopic (exact) mass is 386 g/mol. The zero-order chi connectivity index (χ0) is 20.7. The number of nitrogens with zero attached hydrogens (tertiary/aromatic N) is 2. The predicted octanol–water partition coefficient (Wildman–Crippen LogP) is 2.50. The summed E-state index contributed by atoms with van der Waals surface area (Å²) in [6, 6.07) is 9.98. The summed E-state index contributed by atoms with van der Waals surface area (Å²) in [5.74, 6) is -1.30. The average molecular weight is 386 g/mol. The van der Waals surface area contributed by atoms with Crippen LogP contribution < -0.4 is 10.6 Å². The Morgan fingerprint density at radius 2 is 1.57 bits per heavy atom. The molecule has 10 heteroatoms.